The van der Waals surface area contributed by atoms with Gasteiger partial charge in [0.1, 0.15) is 0 Å². The normalized spacial score (nSPS) is 11.4. The van der Waals surface area contributed by atoms with Crippen molar-refractivity contribution in [2.75, 3.05) is 0 Å². The zero-order valence-corrected chi connectivity index (χ0v) is 46.3. The third-order valence-electron chi connectivity index (χ3n) is 15.2. The first-order valence-electron chi connectivity index (χ1n) is 26.6. The quantitative estimate of drug-likeness (QED) is 0.163. The van der Waals surface area contributed by atoms with Crippen molar-refractivity contribution in [3.8, 4) is 44.8 Å². The van der Waals surface area contributed by atoms with E-state index >= 15 is 0 Å². The van der Waals surface area contributed by atoms with Gasteiger partial charge in [0.15, 0.2) is 0 Å². The predicted octanol–water partition coefficient (Wildman–Crippen LogP) is 19.4. The second kappa shape index (κ2) is 21.1. The van der Waals surface area contributed by atoms with Crippen molar-refractivity contribution < 1.29 is 10.0 Å². The van der Waals surface area contributed by atoms with Gasteiger partial charge in [-0.1, -0.05) is 204 Å². The summed E-state index contributed by atoms with van der Waals surface area (Å²) in [5.74, 6) is 0. The summed E-state index contributed by atoms with van der Waals surface area (Å²) in [6.45, 7) is 0. The standard InChI is InChI=1S/C36H23NS.C24H16BrN.C12H9BO2S/c1-2-12-27(13-3-1)37-33-18-6-4-14-29(33)32-23-25(20-21-34(32)37)24-10-8-11-26(22-24)28-16-9-17-31-30-15-5-7-19-35(30)38-36(28)31;25-19-8-6-7-17(15-19)18-13-14-24-22(16-18)21-11-4-5-12-23(21)26(24)20-9-2-1-3-10-20;14-13(15)10-6-3-5-9-8-4-1-2-7-11(8)16-12(9)10/h1-23H;1-16H;1-7,14-15H. The average Bonchev–Trinajstić information content (AvgIpc) is 4.39. The first kappa shape index (κ1) is 49.4. The van der Waals surface area contributed by atoms with E-state index in [0.717, 1.165) is 14.6 Å². The fraction of sp³-hybridized carbons (Fsp3) is 0. The molecule has 0 aliphatic rings. The molecule has 0 unspecified atom stereocenters. The van der Waals surface area contributed by atoms with Crippen molar-refractivity contribution in [1.29, 1.82) is 0 Å². The van der Waals surface area contributed by atoms with Gasteiger partial charge in [-0.05, 0) is 135 Å². The van der Waals surface area contributed by atoms with Crippen LogP contribution in [0, 0.1) is 0 Å². The molecule has 4 nitrogen and oxygen atoms in total. The van der Waals surface area contributed by atoms with Gasteiger partial charge in [-0.2, -0.15) is 0 Å². The number of halogens is 1. The van der Waals surface area contributed by atoms with Crippen LogP contribution in [-0.2, 0) is 0 Å². The summed E-state index contributed by atoms with van der Waals surface area (Å²) < 4.78 is 10.6. The van der Waals surface area contributed by atoms with Crippen LogP contribution in [0.15, 0.2) is 284 Å². The number of rotatable bonds is 6. The lowest BCUT2D eigenvalue weighted by atomic mass is 9.80. The van der Waals surface area contributed by atoms with E-state index in [0.29, 0.717) is 5.46 Å². The van der Waals surface area contributed by atoms with Crippen LogP contribution < -0.4 is 5.46 Å². The fourth-order valence-corrected chi connectivity index (χ4v) is 14.4. The molecule has 0 radical (unpaired) electrons. The monoisotopic (exact) mass is 1130 g/mol. The van der Waals surface area contributed by atoms with Gasteiger partial charge in [0.05, 0.1) is 22.1 Å². The second-order valence-electron chi connectivity index (χ2n) is 19.9. The minimum Gasteiger partial charge on any atom is -0.423 e. The predicted molar refractivity (Wildman–Crippen MR) is 348 cm³/mol. The van der Waals surface area contributed by atoms with E-state index in [1.54, 1.807) is 17.4 Å². The molecule has 2 N–H and O–H groups in total. The molecular weight excluding hydrogens is 1080 g/mol. The van der Waals surface area contributed by atoms with E-state index < -0.39 is 7.12 Å². The van der Waals surface area contributed by atoms with Crippen LogP contribution in [0.3, 0.4) is 0 Å². The lowest BCUT2D eigenvalue weighted by Crippen LogP contribution is -2.29. The van der Waals surface area contributed by atoms with Crippen molar-refractivity contribution in [2.45, 2.75) is 0 Å². The molecule has 0 spiro atoms. The Labute approximate surface area is 479 Å². The van der Waals surface area contributed by atoms with Gasteiger partial charge in [-0.3, -0.25) is 0 Å². The van der Waals surface area contributed by atoms with E-state index in [2.05, 4.69) is 268 Å². The molecule has 16 aromatic rings. The summed E-state index contributed by atoms with van der Waals surface area (Å²) in [7, 11) is -1.41. The van der Waals surface area contributed by atoms with Crippen LogP contribution >= 0.6 is 38.6 Å². The second-order valence-corrected chi connectivity index (χ2v) is 22.9. The zero-order valence-electron chi connectivity index (χ0n) is 43.1. The lowest BCUT2D eigenvalue weighted by molar-refractivity contribution is 0.426. The number of hydrogen-bond acceptors (Lipinski definition) is 4. The summed E-state index contributed by atoms with van der Waals surface area (Å²) in [5.41, 5.74) is 15.4. The number of aromatic nitrogens is 2. The van der Waals surface area contributed by atoms with Crippen molar-refractivity contribution in [3.63, 3.8) is 0 Å². The number of fused-ring (bicyclic) bond motifs is 12. The first-order chi connectivity index (χ1) is 39.4. The molecule has 16 rings (SSSR count). The topological polar surface area (TPSA) is 50.3 Å². The van der Waals surface area contributed by atoms with Crippen molar-refractivity contribution in [3.05, 3.63) is 284 Å². The largest absolute Gasteiger partial charge is 0.489 e. The van der Waals surface area contributed by atoms with E-state index in [1.165, 1.54) is 119 Å². The number of thiophene rings is 2. The maximum atomic E-state index is 9.31. The van der Waals surface area contributed by atoms with Crippen molar-refractivity contribution in [1.82, 2.24) is 9.13 Å². The highest BCUT2D eigenvalue weighted by Gasteiger charge is 2.19. The summed E-state index contributed by atoms with van der Waals surface area (Å²) in [5, 5.41) is 28.7. The number of hydrogen-bond donors (Lipinski definition) is 2. The van der Waals surface area contributed by atoms with Gasteiger partial charge in [0, 0.05) is 72.4 Å². The maximum absolute atomic E-state index is 9.31. The van der Waals surface area contributed by atoms with Gasteiger partial charge in [-0.25, -0.2) is 0 Å². The Morgan fingerprint density at radius 2 is 0.713 bits per heavy atom. The molecule has 0 atom stereocenters. The summed E-state index contributed by atoms with van der Waals surface area (Å²) in [6, 6.07) is 98.8. The Kier molecular flexibility index (Phi) is 13.0. The van der Waals surface area contributed by atoms with Crippen LogP contribution in [0.5, 0.6) is 0 Å². The zero-order chi connectivity index (χ0) is 53.7. The van der Waals surface area contributed by atoms with E-state index in [9.17, 15) is 10.0 Å². The average molecular weight is 1130 g/mol. The Bertz CT molecular complexity index is 4960. The molecule has 4 heterocycles. The molecule has 80 heavy (non-hydrogen) atoms. The van der Waals surface area contributed by atoms with Crippen LogP contribution in [0.1, 0.15) is 0 Å². The molecule has 12 aromatic carbocycles. The third-order valence-corrected chi connectivity index (χ3v) is 18.1. The van der Waals surface area contributed by atoms with Crippen LogP contribution in [0.2, 0.25) is 0 Å². The molecule has 0 aliphatic carbocycles. The van der Waals surface area contributed by atoms with Crippen molar-refractivity contribution >= 4 is 135 Å². The first-order valence-corrected chi connectivity index (χ1v) is 29.1. The Morgan fingerprint density at radius 3 is 1.27 bits per heavy atom. The lowest BCUT2D eigenvalue weighted by Gasteiger charge is -2.09. The molecule has 4 aromatic heterocycles. The Morgan fingerprint density at radius 1 is 0.300 bits per heavy atom. The van der Waals surface area contributed by atoms with Gasteiger partial charge in [-0.15, -0.1) is 22.7 Å². The molecular formula is C72H48BBrN2O2S2. The summed E-state index contributed by atoms with van der Waals surface area (Å²) >= 11 is 7.06. The van der Waals surface area contributed by atoms with Gasteiger partial charge in [0.25, 0.3) is 0 Å². The number of para-hydroxylation sites is 4. The fourth-order valence-electron chi connectivity index (χ4n) is 11.5. The number of nitrogens with zero attached hydrogens (tertiary/aromatic N) is 2. The highest BCUT2D eigenvalue weighted by Crippen LogP contribution is 2.42. The number of benzene rings is 12. The highest BCUT2D eigenvalue weighted by atomic mass is 79.9. The molecule has 0 bridgehead atoms. The summed E-state index contributed by atoms with van der Waals surface area (Å²) in [6.07, 6.45) is 0. The van der Waals surface area contributed by atoms with Crippen LogP contribution in [0.25, 0.3) is 129 Å². The SMILES string of the molecule is Brc1cccc(-c2ccc3c(c2)c2ccccc2n3-c2ccccc2)c1.OB(O)c1cccc2c1sc1ccccc12.c1ccc(-n2c3ccccc3c3cc(-c4cccc(-c5cccc6c5sc5ccccc56)c4)ccc32)cc1. The molecule has 0 amide bonds. The maximum Gasteiger partial charge on any atom is 0.489 e. The molecule has 0 fully saturated rings. The third kappa shape index (κ3) is 8.98. The minimum absolute atomic E-state index is 0.582. The highest BCUT2D eigenvalue weighted by molar-refractivity contribution is 9.10. The Balaban J connectivity index is 0.000000118. The molecule has 0 saturated heterocycles. The smallest absolute Gasteiger partial charge is 0.423 e. The van der Waals surface area contributed by atoms with E-state index in [1.807, 2.05) is 41.7 Å². The van der Waals surface area contributed by atoms with Gasteiger partial charge >= 0.3 is 7.12 Å². The van der Waals surface area contributed by atoms with Crippen molar-refractivity contribution in [2.24, 2.45) is 0 Å². The van der Waals surface area contributed by atoms with Gasteiger partial charge < -0.3 is 19.2 Å². The Hall–Kier alpha value is -8.86. The van der Waals surface area contributed by atoms with Gasteiger partial charge in [0.2, 0.25) is 0 Å². The van der Waals surface area contributed by atoms with Crippen LogP contribution in [0.4, 0.5) is 0 Å². The molecule has 0 saturated carbocycles. The van der Waals surface area contributed by atoms with E-state index in [-0.39, 0.29) is 0 Å². The molecule has 380 valence electrons. The molecule has 8 heteroatoms. The molecule has 0 aliphatic heterocycles. The van der Waals surface area contributed by atoms with E-state index in [4.69, 9.17) is 0 Å². The summed E-state index contributed by atoms with van der Waals surface area (Å²) in [4.78, 5) is 0. The minimum atomic E-state index is -1.41. The van der Waals surface area contributed by atoms with Crippen LogP contribution in [-0.4, -0.2) is 26.3 Å².